The Morgan fingerprint density at radius 1 is 1.19 bits per heavy atom. The van der Waals surface area contributed by atoms with Gasteiger partial charge in [0.05, 0.1) is 16.1 Å². The zero-order valence-electron chi connectivity index (χ0n) is 9.71. The predicted octanol–water partition coefficient (Wildman–Crippen LogP) is 4.33. The van der Waals surface area contributed by atoms with Crippen LogP contribution in [0.15, 0.2) is 18.2 Å². The van der Waals surface area contributed by atoms with Crippen LogP contribution in [-0.4, -0.2) is 11.2 Å². The molecule has 1 nitrogen and oxygen atoms in total. The molecule has 1 aromatic carbocycles. The molecule has 1 atom stereocenters. The maximum Gasteiger partial charge on any atom is 0.0595 e. The van der Waals surface area contributed by atoms with E-state index in [-0.39, 0.29) is 6.10 Å². The number of aryl methyl sites for hydroxylation is 1. The number of benzene rings is 1. The molecular weight excluding hydrogens is 243 g/mol. The molecule has 1 aromatic rings. The van der Waals surface area contributed by atoms with E-state index in [0.29, 0.717) is 16.0 Å². The summed E-state index contributed by atoms with van der Waals surface area (Å²) < 4.78 is 0. The van der Waals surface area contributed by atoms with Crippen molar-refractivity contribution >= 4 is 23.2 Å². The van der Waals surface area contributed by atoms with Crippen LogP contribution < -0.4 is 0 Å². The standard InChI is InChI=1S/C13H18Cl2O/c1-9(2)7-11(16)5-3-10-4-6-12(14)13(15)8-10/h4,6,8-9,11,16H,3,5,7H2,1-2H3. The van der Waals surface area contributed by atoms with E-state index in [0.717, 1.165) is 24.8 Å². The van der Waals surface area contributed by atoms with E-state index in [1.807, 2.05) is 12.1 Å². The van der Waals surface area contributed by atoms with Crippen LogP contribution in [0.5, 0.6) is 0 Å². The summed E-state index contributed by atoms with van der Waals surface area (Å²) in [6, 6.07) is 5.62. The van der Waals surface area contributed by atoms with Gasteiger partial charge in [-0.15, -0.1) is 0 Å². The number of rotatable bonds is 5. The molecule has 90 valence electrons. The average Bonchev–Trinajstić information content (AvgIpc) is 2.19. The lowest BCUT2D eigenvalue weighted by molar-refractivity contribution is 0.140. The quantitative estimate of drug-likeness (QED) is 0.836. The largest absolute Gasteiger partial charge is 0.393 e. The Kier molecular flexibility index (Phi) is 5.60. The Bertz CT molecular complexity index is 337. The van der Waals surface area contributed by atoms with Gasteiger partial charge in [0.25, 0.3) is 0 Å². The van der Waals surface area contributed by atoms with Gasteiger partial charge < -0.3 is 5.11 Å². The van der Waals surface area contributed by atoms with Crippen LogP contribution in [-0.2, 0) is 6.42 Å². The number of hydrogen-bond acceptors (Lipinski definition) is 1. The van der Waals surface area contributed by atoms with Crippen LogP contribution in [0.1, 0.15) is 32.3 Å². The third-order valence-corrected chi connectivity index (χ3v) is 3.23. The van der Waals surface area contributed by atoms with E-state index < -0.39 is 0 Å². The predicted molar refractivity (Wildman–Crippen MR) is 70.2 cm³/mol. The van der Waals surface area contributed by atoms with Gasteiger partial charge in [-0.1, -0.05) is 43.1 Å². The number of aliphatic hydroxyl groups is 1. The molecule has 0 radical (unpaired) electrons. The Balaban J connectivity index is 2.45. The van der Waals surface area contributed by atoms with Crippen LogP contribution in [0, 0.1) is 5.92 Å². The second-order valence-corrected chi connectivity index (χ2v) is 5.38. The molecule has 0 aliphatic rings. The zero-order chi connectivity index (χ0) is 12.1. The number of halogens is 2. The van der Waals surface area contributed by atoms with Gasteiger partial charge >= 0.3 is 0 Å². The minimum Gasteiger partial charge on any atom is -0.393 e. The SMILES string of the molecule is CC(C)CC(O)CCc1ccc(Cl)c(Cl)c1. The third-order valence-electron chi connectivity index (χ3n) is 2.49. The number of hydrogen-bond donors (Lipinski definition) is 1. The Morgan fingerprint density at radius 3 is 2.44 bits per heavy atom. The van der Waals surface area contributed by atoms with E-state index >= 15 is 0 Å². The molecule has 0 saturated heterocycles. The molecule has 0 amide bonds. The highest BCUT2D eigenvalue weighted by atomic mass is 35.5. The van der Waals surface area contributed by atoms with Crippen molar-refractivity contribution in [2.24, 2.45) is 5.92 Å². The van der Waals surface area contributed by atoms with Gasteiger partial charge in [-0.25, -0.2) is 0 Å². The summed E-state index contributed by atoms with van der Waals surface area (Å²) in [5.74, 6) is 0.531. The van der Waals surface area contributed by atoms with Gasteiger partial charge in [0, 0.05) is 0 Å². The van der Waals surface area contributed by atoms with E-state index in [1.54, 1.807) is 6.07 Å². The smallest absolute Gasteiger partial charge is 0.0595 e. The van der Waals surface area contributed by atoms with E-state index in [9.17, 15) is 5.11 Å². The molecule has 0 bridgehead atoms. The molecule has 0 aliphatic carbocycles. The Labute approximate surface area is 107 Å². The lowest BCUT2D eigenvalue weighted by Gasteiger charge is -2.12. The molecule has 1 unspecified atom stereocenters. The summed E-state index contributed by atoms with van der Waals surface area (Å²) in [4.78, 5) is 0. The monoisotopic (exact) mass is 260 g/mol. The van der Waals surface area contributed by atoms with Gasteiger partial charge in [-0.05, 0) is 42.9 Å². The van der Waals surface area contributed by atoms with Crippen LogP contribution in [0.3, 0.4) is 0 Å². The summed E-state index contributed by atoms with van der Waals surface area (Å²) in [7, 11) is 0. The second kappa shape index (κ2) is 6.48. The van der Waals surface area contributed by atoms with Crippen molar-refractivity contribution in [3.05, 3.63) is 33.8 Å². The summed E-state index contributed by atoms with van der Waals surface area (Å²) in [5.41, 5.74) is 1.12. The van der Waals surface area contributed by atoms with Crippen molar-refractivity contribution in [1.82, 2.24) is 0 Å². The summed E-state index contributed by atoms with van der Waals surface area (Å²) in [6.07, 6.45) is 2.23. The maximum absolute atomic E-state index is 9.75. The summed E-state index contributed by atoms with van der Waals surface area (Å²) in [5, 5.41) is 10.9. The Morgan fingerprint density at radius 2 is 1.88 bits per heavy atom. The van der Waals surface area contributed by atoms with E-state index in [4.69, 9.17) is 23.2 Å². The molecular formula is C13H18Cl2O. The Hall–Kier alpha value is -0.240. The lowest BCUT2D eigenvalue weighted by Crippen LogP contribution is -2.11. The first-order valence-corrected chi connectivity index (χ1v) is 6.36. The summed E-state index contributed by atoms with van der Waals surface area (Å²) >= 11 is 11.7. The molecule has 0 spiro atoms. The third kappa shape index (κ3) is 4.73. The second-order valence-electron chi connectivity index (χ2n) is 4.57. The highest BCUT2D eigenvalue weighted by Crippen LogP contribution is 2.23. The normalized spacial score (nSPS) is 13.1. The fourth-order valence-corrected chi connectivity index (χ4v) is 2.01. The van der Waals surface area contributed by atoms with E-state index in [2.05, 4.69) is 13.8 Å². The molecule has 0 saturated carbocycles. The lowest BCUT2D eigenvalue weighted by atomic mass is 10.00. The van der Waals surface area contributed by atoms with Gasteiger partial charge in [0.15, 0.2) is 0 Å². The molecule has 0 aromatic heterocycles. The number of aliphatic hydroxyl groups excluding tert-OH is 1. The van der Waals surface area contributed by atoms with E-state index in [1.165, 1.54) is 0 Å². The topological polar surface area (TPSA) is 20.2 Å². The molecule has 16 heavy (non-hydrogen) atoms. The first kappa shape index (κ1) is 13.8. The van der Waals surface area contributed by atoms with Gasteiger partial charge in [-0.3, -0.25) is 0 Å². The highest BCUT2D eigenvalue weighted by Gasteiger charge is 2.07. The van der Waals surface area contributed by atoms with Gasteiger partial charge in [-0.2, -0.15) is 0 Å². The van der Waals surface area contributed by atoms with Crippen LogP contribution in [0.4, 0.5) is 0 Å². The van der Waals surface area contributed by atoms with Crippen molar-refractivity contribution in [2.45, 2.75) is 39.2 Å². The fourth-order valence-electron chi connectivity index (χ4n) is 1.69. The van der Waals surface area contributed by atoms with Crippen LogP contribution >= 0.6 is 23.2 Å². The van der Waals surface area contributed by atoms with Crippen LogP contribution in [0.2, 0.25) is 10.0 Å². The fraction of sp³-hybridized carbons (Fsp3) is 0.538. The summed E-state index contributed by atoms with van der Waals surface area (Å²) in [6.45, 7) is 4.23. The molecule has 3 heteroatoms. The van der Waals surface area contributed by atoms with Crippen molar-refractivity contribution in [2.75, 3.05) is 0 Å². The van der Waals surface area contributed by atoms with Crippen molar-refractivity contribution in [3.8, 4) is 0 Å². The first-order chi connectivity index (χ1) is 7.49. The first-order valence-electron chi connectivity index (χ1n) is 5.61. The van der Waals surface area contributed by atoms with Crippen molar-refractivity contribution in [1.29, 1.82) is 0 Å². The average molecular weight is 261 g/mol. The van der Waals surface area contributed by atoms with Crippen molar-refractivity contribution in [3.63, 3.8) is 0 Å². The molecule has 1 rings (SSSR count). The molecule has 1 N–H and O–H groups in total. The van der Waals surface area contributed by atoms with Crippen LogP contribution in [0.25, 0.3) is 0 Å². The molecule has 0 heterocycles. The molecule has 0 aliphatic heterocycles. The molecule has 0 fully saturated rings. The minimum atomic E-state index is -0.227. The van der Waals surface area contributed by atoms with Gasteiger partial charge in [0.1, 0.15) is 0 Å². The minimum absolute atomic E-state index is 0.227. The van der Waals surface area contributed by atoms with Gasteiger partial charge in [0.2, 0.25) is 0 Å². The zero-order valence-corrected chi connectivity index (χ0v) is 11.2. The maximum atomic E-state index is 9.75. The van der Waals surface area contributed by atoms with Crippen molar-refractivity contribution < 1.29 is 5.11 Å². The highest BCUT2D eigenvalue weighted by molar-refractivity contribution is 6.42.